The van der Waals surface area contributed by atoms with Crippen molar-refractivity contribution in [1.82, 2.24) is 9.97 Å². The van der Waals surface area contributed by atoms with Crippen LogP contribution in [0.5, 0.6) is 0 Å². The molecule has 0 aliphatic rings. The Morgan fingerprint density at radius 1 is 0.920 bits per heavy atom. The molecule has 1 heterocycles. The minimum absolute atomic E-state index is 0.769. The van der Waals surface area contributed by atoms with Gasteiger partial charge in [0.25, 0.3) is 0 Å². The number of hydrogen-bond donors (Lipinski definition) is 1. The summed E-state index contributed by atoms with van der Waals surface area (Å²) < 4.78 is 0. The molecule has 0 saturated heterocycles. The first-order valence-electron chi connectivity index (χ1n) is 8.64. The molecule has 4 heteroatoms. The van der Waals surface area contributed by atoms with Gasteiger partial charge in [-0.25, -0.2) is 9.97 Å². The number of rotatable bonds is 7. The first-order chi connectivity index (χ1) is 12.2. The van der Waals surface area contributed by atoms with Gasteiger partial charge in [-0.15, -0.1) is 0 Å². The predicted molar refractivity (Wildman–Crippen MR) is 105 cm³/mol. The smallest absolute Gasteiger partial charge is 0.138 e. The van der Waals surface area contributed by atoms with E-state index < -0.39 is 0 Å². The molecule has 4 nitrogen and oxygen atoms in total. The lowest BCUT2D eigenvalue weighted by atomic mass is 10.1. The molecule has 0 fully saturated rings. The molecule has 0 saturated carbocycles. The average molecular weight is 332 g/mol. The fourth-order valence-electron chi connectivity index (χ4n) is 2.75. The Hall–Kier alpha value is -2.88. The Morgan fingerprint density at radius 3 is 2.32 bits per heavy atom. The van der Waals surface area contributed by atoms with Crippen molar-refractivity contribution in [1.29, 1.82) is 0 Å². The summed E-state index contributed by atoms with van der Waals surface area (Å²) in [5, 5.41) is 3.42. The Kier molecular flexibility index (Phi) is 5.62. The standard InChI is InChI=1S/C21H24N4/c1-17-23-20(22-15-9-12-18-10-5-3-6-11-18)16-21(24-17)25(2)19-13-7-4-8-14-19/h3-8,10-11,13-14,16H,9,12,15H2,1-2H3,(H,22,23,24). The van der Waals surface area contributed by atoms with Crippen molar-refractivity contribution in [2.45, 2.75) is 19.8 Å². The van der Waals surface area contributed by atoms with Gasteiger partial charge in [-0.2, -0.15) is 0 Å². The number of nitrogens with one attached hydrogen (secondary N) is 1. The van der Waals surface area contributed by atoms with E-state index >= 15 is 0 Å². The predicted octanol–water partition coefficient (Wildman–Crippen LogP) is 4.60. The maximum Gasteiger partial charge on any atom is 0.138 e. The van der Waals surface area contributed by atoms with E-state index in [-0.39, 0.29) is 0 Å². The van der Waals surface area contributed by atoms with Crippen molar-refractivity contribution in [3.05, 3.63) is 78.1 Å². The Balaban J connectivity index is 1.61. The Morgan fingerprint density at radius 2 is 1.60 bits per heavy atom. The van der Waals surface area contributed by atoms with E-state index in [1.54, 1.807) is 0 Å². The molecule has 0 unspecified atom stereocenters. The number of hydrogen-bond acceptors (Lipinski definition) is 4. The van der Waals surface area contributed by atoms with E-state index in [1.165, 1.54) is 5.56 Å². The number of aromatic nitrogens is 2. The molecule has 0 aliphatic carbocycles. The van der Waals surface area contributed by atoms with Crippen molar-refractivity contribution in [2.24, 2.45) is 0 Å². The summed E-state index contributed by atoms with van der Waals surface area (Å²) in [7, 11) is 2.02. The minimum Gasteiger partial charge on any atom is -0.370 e. The van der Waals surface area contributed by atoms with Crippen LogP contribution < -0.4 is 10.2 Å². The van der Waals surface area contributed by atoms with Crippen molar-refractivity contribution < 1.29 is 0 Å². The third-order valence-electron chi connectivity index (χ3n) is 4.10. The summed E-state index contributed by atoms with van der Waals surface area (Å²) in [5.74, 6) is 2.54. The van der Waals surface area contributed by atoms with E-state index in [0.29, 0.717) is 0 Å². The van der Waals surface area contributed by atoms with E-state index in [1.807, 2.05) is 38.2 Å². The molecule has 2 aromatic carbocycles. The van der Waals surface area contributed by atoms with Crippen molar-refractivity contribution >= 4 is 17.3 Å². The van der Waals surface area contributed by atoms with E-state index in [0.717, 1.165) is 42.5 Å². The van der Waals surface area contributed by atoms with Crippen molar-refractivity contribution in [2.75, 3.05) is 23.8 Å². The number of aryl methyl sites for hydroxylation is 2. The second kappa shape index (κ2) is 8.29. The van der Waals surface area contributed by atoms with Gasteiger partial charge in [-0.1, -0.05) is 48.5 Å². The van der Waals surface area contributed by atoms with E-state index in [9.17, 15) is 0 Å². The van der Waals surface area contributed by atoms with Crippen LogP contribution in [0.4, 0.5) is 17.3 Å². The SMILES string of the molecule is Cc1nc(NCCCc2ccccc2)cc(N(C)c2ccccc2)n1. The van der Waals surface area contributed by atoms with Crippen LogP contribution in [-0.4, -0.2) is 23.6 Å². The summed E-state index contributed by atoms with van der Waals surface area (Å²) in [6.07, 6.45) is 2.13. The molecular formula is C21H24N4. The molecular weight excluding hydrogens is 308 g/mol. The molecule has 0 radical (unpaired) electrons. The second-order valence-corrected chi connectivity index (χ2v) is 6.07. The van der Waals surface area contributed by atoms with Crippen LogP contribution >= 0.6 is 0 Å². The lowest BCUT2D eigenvalue weighted by molar-refractivity contribution is 0.855. The topological polar surface area (TPSA) is 41.1 Å². The molecule has 3 rings (SSSR count). The normalized spacial score (nSPS) is 10.5. The molecule has 25 heavy (non-hydrogen) atoms. The largest absolute Gasteiger partial charge is 0.370 e. The highest BCUT2D eigenvalue weighted by atomic mass is 15.2. The first-order valence-corrected chi connectivity index (χ1v) is 8.64. The van der Waals surface area contributed by atoms with E-state index in [2.05, 4.69) is 62.6 Å². The molecule has 128 valence electrons. The van der Waals surface area contributed by atoms with Gasteiger partial charge in [-0.05, 0) is 37.5 Å². The highest BCUT2D eigenvalue weighted by Gasteiger charge is 2.08. The summed E-state index contributed by atoms with van der Waals surface area (Å²) in [4.78, 5) is 11.1. The first kappa shape index (κ1) is 17.0. The lowest BCUT2D eigenvalue weighted by Gasteiger charge is -2.19. The molecule has 3 aromatic rings. The molecule has 1 N–H and O–H groups in total. The van der Waals surface area contributed by atoms with Crippen LogP contribution in [0.2, 0.25) is 0 Å². The highest BCUT2D eigenvalue weighted by Crippen LogP contribution is 2.23. The maximum atomic E-state index is 4.56. The fraction of sp³-hybridized carbons (Fsp3) is 0.238. The molecule has 1 aromatic heterocycles. The Bertz CT molecular complexity index is 788. The van der Waals surface area contributed by atoms with Crippen LogP contribution in [0.15, 0.2) is 66.7 Å². The van der Waals surface area contributed by atoms with Crippen LogP contribution in [-0.2, 0) is 6.42 Å². The molecule has 0 atom stereocenters. The third-order valence-corrected chi connectivity index (χ3v) is 4.10. The number of nitrogens with zero attached hydrogens (tertiary/aromatic N) is 3. The minimum atomic E-state index is 0.769. The summed E-state index contributed by atoms with van der Waals surface area (Å²) in [5.41, 5.74) is 2.48. The molecule has 0 bridgehead atoms. The van der Waals surface area contributed by atoms with Gasteiger partial charge in [0.2, 0.25) is 0 Å². The lowest BCUT2D eigenvalue weighted by Crippen LogP contribution is -2.14. The van der Waals surface area contributed by atoms with Crippen LogP contribution in [0.25, 0.3) is 0 Å². The number of benzene rings is 2. The van der Waals surface area contributed by atoms with Gasteiger partial charge in [0.1, 0.15) is 17.5 Å². The van der Waals surface area contributed by atoms with Crippen LogP contribution in [0.3, 0.4) is 0 Å². The third kappa shape index (κ3) is 4.80. The van der Waals surface area contributed by atoms with Crippen LogP contribution in [0.1, 0.15) is 17.8 Å². The monoisotopic (exact) mass is 332 g/mol. The number of anilines is 3. The molecule has 0 spiro atoms. The van der Waals surface area contributed by atoms with Gasteiger partial charge in [0.15, 0.2) is 0 Å². The second-order valence-electron chi connectivity index (χ2n) is 6.07. The summed E-state index contributed by atoms with van der Waals surface area (Å²) in [6, 6.07) is 22.8. The van der Waals surface area contributed by atoms with Gasteiger partial charge in [0, 0.05) is 25.3 Å². The summed E-state index contributed by atoms with van der Waals surface area (Å²) in [6.45, 7) is 2.82. The molecule has 0 aliphatic heterocycles. The fourth-order valence-corrected chi connectivity index (χ4v) is 2.75. The number of para-hydroxylation sites is 1. The van der Waals surface area contributed by atoms with Crippen molar-refractivity contribution in [3.8, 4) is 0 Å². The maximum absolute atomic E-state index is 4.56. The van der Waals surface area contributed by atoms with Gasteiger partial charge in [0.05, 0.1) is 0 Å². The van der Waals surface area contributed by atoms with Crippen molar-refractivity contribution in [3.63, 3.8) is 0 Å². The van der Waals surface area contributed by atoms with E-state index in [4.69, 9.17) is 0 Å². The highest BCUT2D eigenvalue weighted by molar-refractivity contribution is 5.61. The quantitative estimate of drug-likeness (QED) is 0.642. The summed E-state index contributed by atoms with van der Waals surface area (Å²) >= 11 is 0. The Labute approximate surface area is 149 Å². The van der Waals surface area contributed by atoms with Gasteiger partial charge < -0.3 is 10.2 Å². The zero-order valence-electron chi connectivity index (χ0n) is 14.8. The van der Waals surface area contributed by atoms with Gasteiger partial charge >= 0.3 is 0 Å². The molecule has 0 amide bonds. The average Bonchev–Trinajstić information content (AvgIpc) is 2.66. The zero-order valence-corrected chi connectivity index (χ0v) is 14.8. The zero-order chi connectivity index (χ0) is 17.5. The van der Waals surface area contributed by atoms with Gasteiger partial charge in [-0.3, -0.25) is 0 Å². The van der Waals surface area contributed by atoms with Crippen LogP contribution in [0, 0.1) is 6.92 Å².